The van der Waals surface area contributed by atoms with E-state index in [1.54, 1.807) is 48.5 Å². The fourth-order valence-corrected chi connectivity index (χ4v) is 4.47. The maximum Gasteiger partial charge on any atom is 0.329 e. The van der Waals surface area contributed by atoms with Crippen LogP contribution in [0.15, 0.2) is 82.4 Å². The second kappa shape index (κ2) is 9.68. The van der Waals surface area contributed by atoms with Crippen LogP contribution in [0, 0.1) is 5.82 Å². The lowest BCUT2D eigenvalue weighted by molar-refractivity contribution is 0.0628. The van der Waals surface area contributed by atoms with Crippen LogP contribution in [0.25, 0.3) is 10.9 Å². The first-order valence-corrected chi connectivity index (χ1v) is 11.5. The van der Waals surface area contributed by atoms with Crippen molar-refractivity contribution in [3.63, 3.8) is 0 Å². The first-order chi connectivity index (χ1) is 17.0. The second-order valence-electron chi connectivity index (χ2n) is 8.75. The number of nitrogens with zero attached hydrogens (tertiary/aromatic N) is 3. The van der Waals surface area contributed by atoms with Crippen LogP contribution in [0.5, 0.6) is 0 Å². The molecule has 7 nitrogen and oxygen atoms in total. The molecule has 5 rings (SSSR count). The number of para-hydroxylation sites is 1. The van der Waals surface area contributed by atoms with Gasteiger partial charge in [-0.25, -0.2) is 9.18 Å². The van der Waals surface area contributed by atoms with Crippen LogP contribution >= 0.6 is 0 Å². The summed E-state index contributed by atoms with van der Waals surface area (Å²) in [5, 5.41) is 0.456. The third kappa shape index (κ3) is 4.93. The molecule has 0 spiro atoms. The molecular weight excluding hydrogens is 447 g/mol. The highest BCUT2D eigenvalue weighted by atomic mass is 19.1. The van der Waals surface area contributed by atoms with Crippen LogP contribution in [-0.4, -0.2) is 51.4 Å². The third-order valence-electron chi connectivity index (χ3n) is 6.43. The van der Waals surface area contributed by atoms with Crippen molar-refractivity contribution in [1.82, 2.24) is 19.4 Å². The van der Waals surface area contributed by atoms with E-state index in [4.69, 9.17) is 0 Å². The van der Waals surface area contributed by atoms with Gasteiger partial charge in [0.2, 0.25) is 0 Å². The Morgan fingerprint density at radius 1 is 0.800 bits per heavy atom. The average molecular weight is 473 g/mol. The zero-order valence-corrected chi connectivity index (χ0v) is 19.1. The van der Waals surface area contributed by atoms with Crippen LogP contribution in [0.1, 0.15) is 21.5 Å². The Hall–Kier alpha value is -4.04. The first kappa shape index (κ1) is 22.7. The number of benzene rings is 3. The number of rotatable bonds is 5. The van der Waals surface area contributed by atoms with Gasteiger partial charge in [-0.1, -0.05) is 36.4 Å². The van der Waals surface area contributed by atoms with Gasteiger partial charge in [-0.05, 0) is 47.5 Å². The summed E-state index contributed by atoms with van der Waals surface area (Å²) in [7, 11) is 0. The number of hydrogen-bond donors (Lipinski definition) is 1. The highest BCUT2D eigenvalue weighted by Crippen LogP contribution is 2.15. The highest BCUT2D eigenvalue weighted by Gasteiger charge is 2.22. The van der Waals surface area contributed by atoms with E-state index >= 15 is 0 Å². The normalized spacial score (nSPS) is 14.4. The summed E-state index contributed by atoms with van der Waals surface area (Å²) in [6.45, 7) is 3.77. The number of piperazine rings is 1. The van der Waals surface area contributed by atoms with E-state index in [2.05, 4.69) is 9.88 Å². The van der Waals surface area contributed by atoms with E-state index in [-0.39, 0.29) is 18.3 Å². The number of H-pyrrole nitrogens is 1. The molecule has 1 N–H and O–H groups in total. The Bertz CT molecular complexity index is 1470. The van der Waals surface area contributed by atoms with Crippen LogP contribution in [0.3, 0.4) is 0 Å². The zero-order chi connectivity index (χ0) is 24.4. The minimum Gasteiger partial charge on any atom is -0.336 e. The molecule has 35 heavy (non-hydrogen) atoms. The molecule has 3 aromatic carbocycles. The quantitative estimate of drug-likeness (QED) is 0.485. The standard InChI is InChI=1S/C27H25FN4O3/c28-22-11-7-19(8-12-22)17-30-13-15-31(16-14-30)26(34)21-9-5-20(6-10-21)18-32-24-4-2-1-3-23(24)25(33)29-27(32)35/h1-12H,13-18H2,(H,29,33,35). The number of halogens is 1. The van der Waals surface area contributed by atoms with Gasteiger partial charge in [0.15, 0.2) is 0 Å². The first-order valence-electron chi connectivity index (χ1n) is 11.5. The lowest BCUT2D eigenvalue weighted by atomic mass is 10.1. The summed E-state index contributed by atoms with van der Waals surface area (Å²) in [6.07, 6.45) is 0. The van der Waals surface area contributed by atoms with Crippen molar-refractivity contribution >= 4 is 16.8 Å². The molecule has 0 aliphatic carbocycles. The van der Waals surface area contributed by atoms with E-state index in [1.165, 1.54) is 16.7 Å². The number of aromatic amines is 1. The Labute approximate surface area is 201 Å². The number of nitrogens with one attached hydrogen (secondary N) is 1. The maximum absolute atomic E-state index is 13.1. The lowest BCUT2D eigenvalue weighted by Gasteiger charge is -2.34. The van der Waals surface area contributed by atoms with Gasteiger partial charge in [-0.2, -0.15) is 0 Å². The lowest BCUT2D eigenvalue weighted by Crippen LogP contribution is -2.48. The van der Waals surface area contributed by atoms with Crippen LogP contribution in [0.2, 0.25) is 0 Å². The van der Waals surface area contributed by atoms with Gasteiger partial charge in [0.1, 0.15) is 5.82 Å². The SMILES string of the molecule is O=C(c1ccc(Cn2c(=O)[nH]c(=O)c3ccccc32)cc1)N1CCN(Cc2ccc(F)cc2)CC1. The van der Waals surface area contributed by atoms with Crippen LogP contribution in [0.4, 0.5) is 4.39 Å². The van der Waals surface area contributed by atoms with Crippen molar-refractivity contribution in [3.8, 4) is 0 Å². The fraction of sp³-hybridized carbons (Fsp3) is 0.222. The number of amides is 1. The fourth-order valence-electron chi connectivity index (χ4n) is 4.47. The minimum atomic E-state index is -0.465. The smallest absolute Gasteiger partial charge is 0.329 e. The average Bonchev–Trinajstić information content (AvgIpc) is 2.88. The van der Waals surface area contributed by atoms with E-state index in [1.807, 2.05) is 17.0 Å². The molecule has 0 radical (unpaired) electrons. The van der Waals surface area contributed by atoms with Crippen LogP contribution in [-0.2, 0) is 13.1 Å². The summed E-state index contributed by atoms with van der Waals surface area (Å²) < 4.78 is 14.6. The molecule has 1 aliphatic rings. The summed E-state index contributed by atoms with van der Waals surface area (Å²) in [4.78, 5) is 44.0. The number of carbonyl (C=O) groups excluding carboxylic acids is 1. The predicted molar refractivity (Wildman–Crippen MR) is 132 cm³/mol. The molecule has 1 saturated heterocycles. The molecule has 4 aromatic rings. The molecule has 0 saturated carbocycles. The third-order valence-corrected chi connectivity index (χ3v) is 6.43. The molecule has 2 heterocycles. The molecule has 8 heteroatoms. The predicted octanol–water partition coefficient (Wildman–Crippen LogP) is 2.84. The molecule has 1 aromatic heterocycles. The van der Waals surface area contributed by atoms with E-state index in [0.717, 1.165) is 30.8 Å². The van der Waals surface area contributed by atoms with Gasteiger partial charge in [-0.3, -0.25) is 24.0 Å². The number of hydrogen-bond acceptors (Lipinski definition) is 4. The summed E-state index contributed by atoms with van der Waals surface area (Å²) >= 11 is 0. The van der Waals surface area contributed by atoms with Crippen molar-refractivity contribution < 1.29 is 9.18 Å². The van der Waals surface area contributed by atoms with E-state index < -0.39 is 11.2 Å². The van der Waals surface area contributed by atoms with Crippen molar-refractivity contribution in [2.24, 2.45) is 0 Å². The topological polar surface area (TPSA) is 78.4 Å². The van der Waals surface area contributed by atoms with Crippen LogP contribution < -0.4 is 11.2 Å². The molecule has 178 valence electrons. The van der Waals surface area contributed by atoms with Gasteiger partial charge in [0.25, 0.3) is 11.5 Å². The Kier molecular flexibility index (Phi) is 6.29. The second-order valence-corrected chi connectivity index (χ2v) is 8.75. The van der Waals surface area contributed by atoms with Crippen molar-refractivity contribution in [1.29, 1.82) is 0 Å². The molecule has 1 fully saturated rings. The van der Waals surface area contributed by atoms with Crippen molar-refractivity contribution in [3.05, 3.63) is 116 Å². The number of carbonyl (C=O) groups is 1. The van der Waals surface area contributed by atoms with Gasteiger partial charge >= 0.3 is 5.69 Å². The zero-order valence-electron chi connectivity index (χ0n) is 19.1. The van der Waals surface area contributed by atoms with Crippen molar-refractivity contribution in [2.75, 3.05) is 26.2 Å². The summed E-state index contributed by atoms with van der Waals surface area (Å²) in [6, 6.07) is 20.7. The Morgan fingerprint density at radius 3 is 2.14 bits per heavy atom. The van der Waals surface area contributed by atoms with Gasteiger partial charge in [0.05, 0.1) is 17.4 Å². The molecule has 1 amide bonds. The number of aromatic nitrogens is 2. The minimum absolute atomic E-state index is 0.0235. The highest BCUT2D eigenvalue weighted by molar-refractivity contribution is 5.94. The molecular formula is C27H25FN4O3. The molecule has 0 unspecified atom stereocenters. The Morgan fingerprint density at radius 2 is 1.43 bits per heavy atom. The van der Waals surface area contributed by atoms with Gasteiger partial charge < -0.3 is 4.90 Å². The number of fused-ring (bicyclic) bond motifs is 1. The van der Waals surface area contributed by atoms with Crippen molar-refractivity contribution in [2.45, 2.75) is 13.1 Å². The Balaban J connectivity index is 1.23. The largest absolute Gasteiger partial charge is 0.336 e. The molecule has 0 bridgehead atoms. The van der Waals surface area contributed by atoms with E-state index in [9.17, 15) is 18.8 Å². The summed E-state index contributed by atoms with van der Waals surface area (Å²) in [5.74, 6) is -0.265. The maximum atomic E-state index is 13.1. The van der Waals surface area contributed by atoms with Gasteiger partial charge in [0, 0.05) is 38.3 Å². The monoisotopic (exact) mass is 472 g/mol. The van der Waals surface area contributed by atoms with Gasteiger partial charge in [-0.15, -0.1) is 0 Å². The summed E-state index contributed by atoms with van der Waals surface area (Å²) in [5.41, 5.74) is 2.20. The van der Waals surface area contributed by atoms with E-state index in [0.29, 0.717) is 29.6 Å². The molecule has 1 aliphatic heterocycles. The molecule has 0 atom stereocenters.